The predicted octanol–water partition coefficient (Wildman–Crippen LogP) is 2.10. The molecule has 1 saturated heterocycles. The lowest BCUT2D eigenvalue weighted by Crippen LogP contribution is -2.47. The van der Waals surface area contributed by atoms with Crippen LogP contribution in [-0.2, 0) is 9.53 Å². The smallest absolute Gasteiger partial charge is 0.417 e. The highest BCUT2D eigenvalue weighted by atomic mass is 16.6. The van der Waals surface area contributed by atoms with Crippen molar-refractivity contribution in [3.05, 3.63) is 11.6 Å². The molecule has 20 heavy (non-hydrogen) atoms. The number of imide groups is 1. The molecule has 0 bridgehead atoms. The molecule has 1 aliphatic heterocycles. The molecule has 1 heterocycles. The number of aliphatic hydroxyl groups is 1. The first-order valence-corrected chi connectivity index (χ1v) is 7.30. The Morgan fingerprint density at radius 3 is 2.65 bits per heavy atom. The minimum atomic E-state index is -0.798. The number of allylic oxidation sites excluding steroid dienone is 1. The van der Waals surface area contributed by atoms with Crippen molar-refractivity contribution < 1.29 is 19.4 Å². The molecule has 2 rings (SSSR count). The zero-order valence-electron chi connectivity index (χ0n) is 12.3. The van der Waals surface area contributed by atoms with Gasteiger partial charge >= 0.3 is 6.09 Å². The van der Waals surface area contributed by atoms with Crippen molar-refractivity contribution in [1.82, 2.24) is 4.90 Å². The molecule has 0 unspecified atom stereocenters. The Morgan fingerprint density at radius 1 is 1.45 bits per heavy atom. The lowest BCUT2D eigenvalue weighted by molar-refractivity contribution is -0.135. The number of hydrogen-bond donors (Lipinski definition) is 1. The fourth-order valence-electron chi connectivity index (χ4n) is 2.98. The zero-order chi connectivity index (χ0) is 14.9. The van der Waals surface area contributed by atoms with Crippen molar-refractivity contribution in [2.24, 2.45) is 11.8 Å². The molecule has 0 spiro atoms. The Kier molecular flexibility index (Phi) is 4.48. The molecule has 0 aromatic rings. The number of amides is 2. The van der Waals surface area contributed by atoms with Gasteiger partial charge in [0.2, 0.25) is 5.91 Å². The topological polar surface area (TPSA) is 66.8 Å². The minimum absolute atomic E-state index is 0.137. The number of hydrogen-bond acceptors (Lipinski definition) is 4. The summed E-state index contributed by atoms with van der Waals surface area (Å²) in [5, 5.41) is 9.97. The third-order valence-electron chi connectivity index (χ3n) is 4.14. The van der Waals surface area contributed by atoms with Crippen LogP contribution in [0.25, 0.3) is 0 Å². The van der Waals surface area contributed by atoms with Crippen molar-refractivity contribution in [2.75, 3.05) is 6.61 Å². The fourth-order valence-corrected chi connectivity index (χ4v) is 2.98. The average Bonchev–Trinajstić information content (AvgIpc) is 2.97. The highest BCUT2D eigenvalue weighted by Gasteiger charge is 2.44. The molecule has 2 aliphatic rings. The maximum Gasteiger partial charge on any atom is 0.417 e. The molecule has 0 aromatic carbocycles. The molecule has 1 aliphatic carbocycles. The molecule has 112 valence electrons. The summed E-state index contributed by atoms with van der Waals surface area (Å²) >= 11 is 0. The Hall–Kier alpha value is -1.36. The summed E-state index contributed by atoms with van der Waals surface area (Å²) in [4.78, 5) is 25.8. The van der Waals surface area contributed by atoms with E-state index < -0.39 is 18.1 Å². The van der Waals surface area contributed by atoms with Gasteiger partial charge in [0, 0.05) is 0 Å². The van der Waals surface area contributed by atoms with E-state index in [4.69, 9.17) is 4.74 Å². The van der Waals surface area contributed by atoms with Gasteiger partial charge in [0.15, 0.2) is 0 Å². The van der Waals surface area contributed by atoms with Gasteiger partial charge in [-0.15, -0.1) is 0 Å². The van der Waals surface area contributed by atoms with Gasteiger partial charge in [0.05, 0.1) is 18.1 Å². The van der Waals surface area contributed by atoms with E-state index in [-0.39, 0.29) is 24.5 Å². The molecule has 1 N–H and O–H groups in total. The van der Waals surface area contributed by atoms with E-state index >= 15 is 0 Å². The van der Waals surface area contributed by atoms with E-state index in [1.54, 1.807) is 6.92 Å². The SMILES string of the molecule is CC(C)[C@H]1COC(=O)N1C(=O)[C@@H](C1=CCCC1)[C@@H](C)O. The van der Waals surface area contributed by atoms with Gasteiger partial charge < -0.3 is 9.84 Å². The maximum atomic E-state index is 12.7. The summed E-state index contributed by atoms with van der Waals surface area (Å²) in [6.45, 7) is 5.76. The molecule has 5 nitrogen and oxygen atoms in total. The van der Waals surface area contributed by atoms with Crippen molar-refractivity contribution in [1.29, 1.82) is 0 Å². The number of nitrogens with zero attached hydrogens (tertiary/aromatic N) is 1. The summed E-state index contributed by atoms with van der Waals surface area (Å²) < 4.78 is 5.02. The first-order valence-electron chi connectivity index (χ1n) is 7.30. The molecule has 3 atom stereocenters. The summed E-state index contributed by atoms with van der Waals surface area (Å²) in [6, 6.07) is -0.238. The van der Waals surface area contributed by atoms with E-state index in [0.717, 1.165) is 24.8 Å². The molecular weight excluding hydrogens is 258 g/mol. The standard InChI is InChI=1S/C15H23NO4/c1-9(2)12-8-20-15(19)16(12)14(18)13(10(3)17)11-6-4-5-7-11/h6,9-10,12-13,17H,4-5,7-8H2,1-3H3/t10-,12-,13-/m1/s1. The van der Waals surface area contributed by atoms with Crippen LogP contribution >= 0.6 is 0 Å². The van der Waals surface area contributed by atoms with Crippen LogP contribution in [0.15, 0.2) is 11.6 Å². The van der Waals surface area contributed by atoms with Crippen LogP contribution in [0.4, 0.5) is 4.79 Å². The summed E-state index contributed by atoms with van der Waals surface area (Å²) in [7, 11) is 0. The first-order chi connectivity index (χ1) is 9.43. The van der Waals surface area contributed by atoms with Crippen LogP contribution in [0.2, 0.25) is 0 Å². The second kappa shape index (κ2) is 5.95. The molecular formula is C15H23NO4. The number of rotatable bonds is 4. The largest absolute Gasteiger partial charge is 0.447 e. The van der Waals surface area contributed by atoms with Crippen LogP contribution in [0, 0.1) is 11.8 Å². The Labute approximate surface area is 119 Å². The van der Waals surface area contributed by atoms with Crippen LogP contribution in [-0.4, -0.2) is 40.8 Å². The fraction of sp³-hybridized carbons (Fsp3) is 0.733. The van der Waals surface area contributed by atoms with Gasteiger partial charge in [-0.25, -0.2) is 9.69 Å². The highest BCUT2D eigenvalue weighted by molar-refractivity contribution is 5.96. The summed E-state index contributed by atoms with van der Waals surface area (Å²) in [5.74, 6) is -0.809. The van der Waals surface area contributed by atoms with Gasteiger partial charge in [-0.05, 0) is 32.1 Å². The number of carbonyl (C=O) groups excluding carboxylic acids is 2. The van der Waals surface area contributed by atoms with Gasteiger partial charge in [-0.1, -0.05) is 25.5 Å². The quantitative estimate of drug-likeness (QED) is 0.801. The van der Waals surface area contributed by atoms with Crippen LogP contribution in [0.3, 0.4) is 0 Å². The average molecular weight is 281 g/mol. The van der Waals surface area contributed by atoms with E-state index in [9.17, 15) is 14.7 Å². The third kappa shape index (κ3) is 2.73. The van der Waals surface area contributed by atoms with E-state index in [0.29, 0.717) is 0 Å². The number of cyclic esters (lactones) is 1. The van der Waals surface area contributed by atoms with Crippen LogP contribution < -0.4 is 0 Å². The van der Waals surface area contributed by atoms with E-state index in [1.807, 2.05) is 19.9 Å². The van der Waals surface area contributed by atoms with Crippen molar-refractivity contribution in [3.8, 4) is 0 Å². The minimum Gasteiger partial charge on any atom is -0.447 e. The van der Waals surface area contributed by atoms with Crippen molar-refractivity contribution >= 4 is 12.0 Å². The summed E-state index contributed by atoms with van der Waals surface area (Å²) in [5.41, 5.74) is 0.951. The van der Waals surface area contributed by atoms with Crippen molar-refractivity contribution in [2.45, 2.75) is 52.2 Å². The molecule has 0 radical (unpaired) electrons. The first kappa shape index (κ1) is 15.0. The monoisotopic (exact) mass is 281 g/mol. The maximum absolute atomic E-state index is 12.7. The van der Waals surface area contributed by atoms with Crippen molar-refractivity contribution in [3.63, 3.8) is 0 Å². The van der Waals surface area contributed by atoms with Gasteiger partial charge in [-0.3, -0.25) is 4.79 Å². The Bertz CT molecular complexity index is 428. The zero-order valence-corrected chi connectivity index (χ0v) is 12.3. The van der Waals surface area contributed by atoms with Gasteiger partial charge in [-0.2, -0.15) is 0 Å². The second-order valence-corrected chi connectivity index (χ2v) is 5.99. The molecule has 2 amide bonds. The Morgan fingerprint density at radius 2 is 2.15 bits per heavy atom. The number of aliphatic hydroxyl groups excluding tert-OH is 1. The Balaban J connectivity index is 2.24. The second-order valence-electron chi connectivity index (χ2n) is 5.99. The molecule has 0 aromatic heterocycles. The normalized spacial score (nSPS) is 25.6. The van der Waals surface area contributed by atoms with E-state index in [2.05, 4.69) is 0 Å². The predicted molar refractivity (Wildman–Crippen MR) is 73.9 cm³/mol. The van der Waals surface area contributed by atoms with Crippen LogP contribution in [0.5, 0.6) is 0 Å². The van der Waals surface area contributed by atoms with Gasteiger partial charge in [0.1, 0.15) is 6.61 Å². The highest BCUT2D eigenvalue weighted by Crippen LogP contribution is 2.31. The molecule has 5 heteroatoms. The van der Waals surface area contributed by atoms with E-state index in [1.165, 1.54) is 4.90 Å². The van der Waals surface area contributed by atoms with Gasteiger partial charge in [0.25, 0.3) is 0 Å². The lowest BCUT2D eigenvalue weighted by atomic mass is 9.91. The number of carbonyl (C=O) groups is 2. The third-order valence-corrected chi connectivity index (χ3v) is 4.14. The summed E-state index contributed by atoms with van der Waals surface area (Å²) in [6.07, 6.45) is 3.39. The molecule has 0 saturated carbocycles. The van der Waals surface area contributed by atoms with Crippen LogP contribution in [0.1, 0.15) is 40.0 Å². The molecule has 1 fully saturated rings. The lowest BCUT2D eigenvalue weighted by Gasteiger charge is -2.28. The number of ether oxygens (including phenoxy) is 1.